The Bertz CT molecular complexity index is 1420. The first-order valence-electron chi connectivity index (χ1n) is 13.9. The van der Waals surface area contributed by atoms with Crippen LogP contribution in [0.2, 0.25) is 0 Å². The van der Waals surface area contributed by atoms with Gasteiger partial charge in [0, 0.05) is 25.9 Å². The number of aromatic nitrogens is 6. The maximum atomic E-state index is 12.7. The van der Waals surface area contributed by atoms with Crippen molar-refractivity contribution in [3.05, 3.63) is 70.0 Å². The van der Waals surface area contributed by atoms with Gasteiger partial charge >= 0.3 is 5.97 Å². The topological polar surface area (TPSA) is 87.7 Å². The van der Waals surface area contributed by atoms with E-state index in [9.17, 15) is 4.79 Å². The Labute approximate surface area is 224 Å². The van der Waals surface area contributed by atoms with Crippen molar-refractivity contribution in [3.8, 4) is 0 Å². The van der Waals surface area contributed by atoms with Gasteiger partial charge in [0.25, 0.3) is 0 Å². The molecule has 0 radical (unpaired) electrons. The summed E-state index contributed by atoms with van der Waals surface area (Å²) < 4.78 is 9.26. The number of rotatable bonds is 9. The second-order valence-corrected chi connectivity index (χ2v) is 10.7. The molecule has 1 aliphatic carbocycles. The number of aryl methyl sites for hydroxylation is 3. The largest absolute Gasteiger partial charge is 0.466 e. The number of nitrogens with zero attached hydrogens (tertiary/aromatic N) is 6. The highest BCUT2D eigenvalue weighted by molar-refractivity contribution is 5.80. The molecule has 2 heterocycles. The van der Waals surface area contributed by atoms with Crippen LogP contribution in [-0.4, -0.2) is 42.6 Å². The Kier molecular flexibility index (Phi) is 7.86. The zero-order chi connectivity index (χ0) is 26.6. The predicted octanol–water partition coefficient (Wildman–Crippen LogP) is 5.43. The number of benzene rings is 2. The van der Waals surface area contributed by atoms with Crippen LogP contribution < -0.4 is 0 Å². The zero-order valence-electron chi connectivity index (χ0n) is 23.0. The smallest absolute Gasteiger partial charge is 0.306 e. The molecule has 8 heteroatoms. The Morgan fingerprint density at radius 2 is 1.92 bits per heavy atom. The molecule has 0 aliphatic heterocycles. The van der Waals surface area contributed by atoms with Gasteiger partial charge in [-0.3, -0.25) is 4.79 Å². The third-order valence-electron chi connectivity index (χ3n) is 8.13. The minimum atomic E-state index is -0.201. The van der Waals surface area contributed by atoms with Gasteiger partial charge in [-0.1, -0.05) is 54.0 Å². The van der Waals surface area contributed by atoms with Crippen LogP contribution in [-0.2, 0) is 29.5 Å². The maximum Gasteiger partial charge on any atom is 0.306 e. The molecular formula is C30H38N6O2. The molecule has 2 aromatic carbocycles. The first-order chi connectivity index (χ1) is 18.4. The van der Waals surface area contributed by atoms with E-state index in [4.69, 9.17) is 4.74 Å². The molecule has 1 aliphatic rings. The highest BCUT2D eigenvalue weighted by Gasteiger charge is 2.24. The summed E-state index contributed by atoms with van der Waals surface area (Å²) >= 11 is 0. The van der Waals surface area contributed by atoms with E-state index in [1.54, 1.807) is 4.68 Å². The SMILES string of the molecule is CCOC(=O)CC(c1ccc(C)c(Cc2cnnn2CC2CCCCC2)c1)c1ccc2c(nnn2C)c1C. The Hall–Kier alpha value is -3.55. The van der Waals surface area contributed by atoms with Crippen molar-refractivity contribution in [1.29, 1.82) is 0 Å². The summed E-state index contributed by atoms with van der Waals surface area (Å²) in [7, 11) is 1.89. The number of esters is 1. The molecule has 8 nitrogen and oxygen atoms in total. The van der Waals surface area contributed by atoms with Gasteiger partial charge in [-0.2, -0.15) is 0 Å². The molecule has 200 valence electrons. The van der Waals surface area contributed by atoms with E-state index in [1.807, 2.05) is 26.2 Å². The minimum absolute atomic E-state index is 0.148. The van der Waals surface area contributed by atoms with E-state index in [0.717, 1.165) is 46.4 Å². The molecule has 2 aromatic heterocycles. The number of fused-ring (bicyclic) bond motifs is 1. The molecule has 5 rings (SSSR count). The quantitative estimate of drug-likeness (QED) is 0.277. The van der Waals surface area contributed by atoms with Crippen LogP contribution in [0.5, 0.6) is 0 Å². The fourth-order valence-electron chi connectivity index (χ4n) is 5.90. The van der Waals surface area contributed by atoms with Crippen molar-refractivity contribution in [1.82, 2.24) is 30.0 Å². The fourth-order valence-corrected chi connectivity index (χ4v) is 5.90. The molecule has 0 N–H and O–H groups in total. The first kappa shape index (κ1) is 26.1. The molecular weight excluding hydrogens is 476 g/mol. The summed E-state index contributed by atoms with van der Waals surface area (Å²) in [6.45, 7) is 7.36. The van der Waals surface area contributed by atoms with Gasteiger partial charge in [-0.05, 0) is 73.4 Å². The van der Waals surface area contributed by atoms with Gasteiger partial charge < -0.3 is 4.74 Å². The Morgan fingerprint density at radius 1 is 1.11 bits per heavy atom. The maximum absolute atomic E-state index is 12.7. The lowest BCUT2D eigenvalue weighted by Crippen LogP contribution is -2.17. The van der Waals surface area contributed by atoms with Crippen LogP contribution in [0.25, 0.3) is 11.0 Å². The molecule has 0 saturated heterocycles. The molecule has 0 amide bonds. The van der Waals surface area contributed by atoms with Crippen LogP contribution >= 0.6 is 0 Å². The normalized spacial score (nSPS) is 15.2. The third-order valence-corrected chi connectivity index (χ3v) is 8.13. The summed E-state index contributed by atoms with van der Waals surface area (Å²) in [5.74, 6) is 0.336. The van der Waals surface area contributed by atoms with Gasteiger partial charge in [0.15, 0.2) is 0 Å². The van der Waals surface area contributed by atoms with Crippen LogP contribution in [0.4, 0.5) is 0 Å². The van der Waals surface area contributed by atoms with Crippen molar-refractivity contribution < 1.29 is 9.53 Å². The van der Waals surface area contributed by atoms with Crippen LogP contribution in [0.15, 0.2) is 36.5 Å². The third kappa shape index (κ3) is 5.49. The standard InChI is InChI=1S/C30H38N6O2/c1-5-38-29(37)17-27(26-13-14-28-30(21(26)3)32-34-35(28)4)23-12-11-20(2)24(15-23)16-25-18-31-33-36(25)19-22-9-7-6-8-10-22/h11-15,18,22,27H,5-10,16-17,19H2,1-4H3. The lowest BCUT2D eigenvalue weighted by molar-refractivity contribution is -0.143. The van der Waals surface area contributed by atoms with Crippen LogP contribution in [0, 0.1) is 19.8 Å². The van der Waals surface area contributed by atoms with E-state index >= 15 is 0 Å². The summed E-state index contributed by atoms with van der Waals surface area (Å²) in [5.41, 5.74) is 8.63. The monoisotopic (exact) mass is 514 g/mol. The molecule has 1 saturated carbocycles. The van der Waals surface area contributed by atoms with Gasteiger partial charge in [-0.25, -0.2) is 9.36 Å². The minimum Gasteiger partial charge on any atom is -0.466 e. The molecule has 0 spiro atoms. The highest BCUT2D eigenvalue weighted by atomic mass is 16.5. The molecule has 1 fully saturated rings. The summed E-state index contributed by atoms with van der Waals surface area (Å²) in [5, 5.41) is 17.3. The number of carbonyl (C=O) groups is 1. The molecule has 0 bridgehead atoms. The molecule has 1 unspecified atom stereocenters. The van der Waals surface area contributed by atoms with E-state index < -0.39 is 0 Å². The molecule has 38 heavy (non-hydrogen) atoms. The highest BCUT2D eigenvalue weighted by Crippen LogP contribution is 2.35. The Morgan fingerprint density at radius 3 is 2.71 bits per heavy atom. The van der Waals surface area contributed by atoms with Crippen molar-refractivity contribution in [2.45, 2.75) is 78.2 Å². The first-order valence-corrected chi connectivity index (χ1v) is 13.9. The van der Waals surface area contributed by atoms with E-state index in [1.165, 1.54) is 43.2 Å². The Balaban J connectivity index is 1.47. The number of hydrogen-bond acceptors (Lipinski definition) is 6. The number of carbonyl (C=O) groups excluding carboxylic acids is 1. The van der Waals surface area contributed by atoms with Crippen molar-refractivity contribution in [2.75, 3.05) is 6.61 Å². The summed E-state index contributed by atoms with van der Waals surface area (Å²) in [6, 6.07) is 10.7. The van der Waals surface area contributed by atoms with E-state index in [-0.39, 0.29) is 18.3 Å². The van der Waals surface area contributed by atoms with E-state index in [0.29, 0.717) is 12.5 Å². The van der Waals surface area contributed by atoms with Crippen molar-refractivity contribution in [2.24, 2.45) is 13.0 Å². The van der Waals surface area contributed by atoms with Crippen LogP contribution in [0.1, 0.15) is 84.9 Å². The van der Waals surface area contributed by atoms with Gasteiger partial charge in [-0.15, -0.1) is 10.2 Å². The van der Waals surface area contributed by atoms with Gasteiger partial charge in [0.05, 0.1) is 30.4 Å². The average molecular weight is 515 g/mol. The second kappa shape index (κ2) is 11.5. The lowest BCUT2D eigenvalue weighted by Gasteiger charge is -2.22. The zero-order valence-corrected chi connectivity index (χ0v) is 23.0. The average Bonchev–Trinajstić information content (AvgIpc) is 3.51. The van der Waals surface area contributed by atoms with Crippen molar-refractivity contribution >= 4 is 17.0 Å². The predicted molar refractivity (Wildman–Crippen MR) is 147 cm³/mol. The number of hydrogen-bond donors (Lipinski definition) is 0. The van der Waals surface area contributed by atoms with Gasteiger partial charge in [0.1, 0.15) is 5.52 Å². The lowest BCUT2D eigenvalue weighted by atomic mass is 9.84. The van der Waals surface area contributed by atoms with Crippen molar-refractivity contribution in [3.63, 3.8) is 0 Å². The molecule has 4 aromatic rings. The molecule has 1 atom stereocenters. The second-order valence-electron chi connectivity index (χ2n) is 10.7. The van der Waals surface area contributed by atoms with Crippen LogP contribution in [0.3, 0.4) is 0 Å². The number of ether oxygens (including phenoxy) is 1. The fraction of sp³-hybridized carbons (Fsp3) is 0.500. The van der Waals surface area contributed by atoms with Gasteiger partial charge in [0.2, 0.25) is 0 Å². The van der Waals surface area contributed by atoms with E-state index in [2.05, 4.69) is 63.4 Å². The summed E-state index contributed by atoms with van der Waals surface area (Å²) in [4.78, 5) is 12.7. The summed E-state index contributed by atoms with van der Waals surface area (Å²) in [6.07, 6.45) is 9.46.